The maximum Gasteiger partial charge on any atom is 0.290 e. The van der Waals surface area contributed by atoms with Crippen LogP contribution in [0.3, 0.4) is 0 Å². The van der Waals surface area contributed by atoms with Crippen molar-refractivity contribution < 1.29 is 18.3 Å². The molecule has 5 heteroatoms. The molecule has 130 valence electrons. The number of carbonyl (C=O) groups excluding carboxylic acids is 1. The molecule has 25 heavy (non-hydrogen) atoms. The lowest BCUT2D eigenvalue weighted by Gasteiger charge is -2.27. The molecule has 4 nitrogen and oxygen atoms in total. The maximum absolute atomic E-state index is 13.1. The fraction of sp³-hybridized carbons (Fsp3) is 0.250. The predicted octanol–water partition coefficient (Wildman–Crippen LogP) is 4.80. The Morgan fingerprint density at radius 2 is 1.96 bits per heavy atom. The zero-order valence-corrected chi connectivity index (χ0v) is 14.5. The topological polar surface area (TPSA) is 42.7 Å². The molecule has 0 N–H and O–H groups in total. The molecule has 3 rings (SSSR count). The molecular weight excluding hydrogens is 321 g/mol. The van der Waals surface area contributed by atoms with Gasteiger partial charge in [0.05, 0.1) is 13.2 Å². The minimum Gasteiger partial charge on any atom is -0.493 e. The third-order valence-corrected chi connectivity index (χ3v) is 4.36. The van der Waals surface area contributed by atoms with E-state index in [0.717, 1.165) is 10.9 Å². The SMILES string of the molecule is CCN(C(=O)c1cc2cccc(OC)c2o1)C(C)c1ccc(F)cc1. The summed E-state index contributed by atoms with van der Waals surface area (Å²) in [6.07, 6.45) is 0. The summed E-state index contributed by atoms with van der Waals surface area (Å²) in [5.41, 5.74) is 1.42. The van der Waals surface area contributed by atoms with Gasteiger partial charge in [0, 0.05) is 11.9 Å². The van der Waals surface area contributed by atoms with Crippen LogP contribution in [0.5, 0.6) is 5.75 Å². The van der Waals surface area contributed by atoms with Crippen LogP contribution in [-0.4, -0.2) is 24.5 Å². The molecule has 0 spiro atoms. The standard InChI is InChI=1S/C20H20FNO3/c1-4-22(13(2)14-8-10-16(21)11-9-14)20(23)18-12-15-6-5-7-17(24-3)19(15)25-18/h5-13H,4H2,1-3H3. The highest BCUT2D eigenvalue weighted by molar-refractivity contribution is 5.97. The van der Waals surface area contributed by atoms with E-state index < -0.39 is 0 Å². The molecule has 1 atom stereocenters. The van der Waals surface area contributed by atoms with Crippen LogP contribution in [-0.2, 0) is 0 Å². The van der Waals surface area contributed by atoms with Crippen LogP contribution in [0.15, 0.2) is 52.9 Å². The zero-order chi connectivity index (χ0) is 18.0. The second-order valence-corrected chi connectivity index (χ2v) is 5.81. The summed E-state index contributed by atoms with van der Waals surface area (Å²) >= 11 is 0. The first kappa shape index (κ1) is 17.0. The number of amides is 1. The first-order valence-electron chi connectivity index (χ1n) is 8.18. The number of hydrogen-bond acceptors (Lipinski definition) is 3. The van der Waals surface area contributed by atoms with Crippen LogP contribution in [0.2, 0.25) is 0 Å². The van der Waals surface area contributed by atoms with Crippen LogP contribution in [0.4, 0.5) is 4.39 Å². The number of fused-ring (bicyclic) bond motifs is 1. The summed E-state index contributed by atoms with van der Waals surface area (Å²) in [6, 6.07) is 13.2. The Hall–Kier alpha value is -2.82. The second kappa shape index (κ2) is 6.97. The molecule has 3 aromatic rings. The number of rotatable bonds is 5. The highest BCUT2D eigenvalue weighted by atomic mass is 19.1. The van der Waals surface area contributed by atoms with Crippen molar-refractivity contribution in [2.45, 2.75) is 19.9 Å². The highest BCUT2D eigenvalue weighted by Gasteiger charge is 2.24. The van der Waals surface area contributed by atoms with Crippen molar-refractivity contribution in [1.29, 1.82) is 0 Å². The first-order chi connectivity index (χ1) is 12.0. The largest absolute Gasteiger partial charge is 0.493 e. The fourth-order valence-corrected chi connectivity index (χ4v) is 2.96. The minimum atomic E-state index is -0.297. The zero-order valence-electron chi connectivity index (χ0n) is 14.5. The Balaban J connectivity index is 1.93. The van der Waals surface area contributed by atoms with Crippen LogP contribution >= 0.6 is 0 Å². The Morgan fingerprint density at radius 1 is 1.24 bits per heavy atom. The Kier molecular flexibility index (Phi) is 4.74. The summed E-state index contributed by atoms with van der Waals surface area (Å²) in [4.78, 5) is 14.6. The van der Waals surface area contributed by atoms with Gasteiger partial charge in [0.1, 0.15) is 5.82 Å². The molecule has 0 bridgehead atoms. The van der Waals surface area contributed by atoms with Crippen molar-refractivity contribution in [2.75, 3.05) is 13.7 Å². The number of benzene rings is 2. The molecule has 2 aromatic carbocycles. The number of nitrogens with zero attached hydrogens (tertiary/aromatic N) is 1. The van der Waals surface area contributed by atoms with Crippen molar-refractivity contribution in [3.05, 3.63) is 65.7 Å². The lowest BCUT2D eigenvalue weighted by molar-refractivity contribution is 0.0672. The minimum absolute atomic E-state index is 0.201. The lowest BCUT2D eigenvalue weighted by Crippen LogP contribution is -2.33. The van der Waals surface area contributed by atoms with Crippen LogP contribution < -0.4 is 4.74 Å². The van der Waals surface area contributed by atoms with Crippen molar-refractivity contribution in [2.24, 2.45) is 0 Å². The number of ether oxygens (including phenoxy) is 1. The van der Waals surface area contributed by atoms with Gasteiger partial charge in [-0.05, 0) is 43.7 Å². The third-order valence-electron chi connectivity index (χ3n) is 4.36. The summed E-state index contributed by atoms with van der Waals surface area (Å²) in [7, 11) is 1.56. The highest BCUT2D eigenvalue weighted by Crippen LogP contribution is 2.30. The molecule has 0 saturated carbocycles. The van der Waals surface area contributed by atoms with E-state index >= 15 is 0 Å². The van der Waals surface area contributed by atoms with E-state index in [1.54, 1.807) is 36.3 Å². The molecule has 0 aliphatic rings. The van der Waals surface area contributed by atoms with E-state index in [1.807, 2.05) is 26.0 Å². The smallest absolute Gasteiger partial charge is 0.290 e. The van der Waals surface area contributed by atoms with E-state index in [4.69, 9.17) is 9.15 Å². The molecule has 0 fully saturated rings. The number of halogens is 1. The van der Waals surface area contributed by atoms with Crippen molar-refractivity contribution in [3.63, 3.8) is 0 Å². The van der Waals surface area contributed by atoms with Crippen LogP contribution in [0, 0.1) is 5.82 Å². The van der Waals surface area contributed by atoms with Gasteiger partial charge < -0.3 is 14.1 Å². The van der Waals surface area contributed by atoms with Gasteiger partial charge in [-0.1, -0.05) is 24.3 Å². The molecule has 1 aromatic heterocycles. The fourth-order valence-electron chi connectivity index (χ4n) is 2.96. The van der Waals surface area contributed by atoms with Gasteiger partial charge in [-0.25, -0.2) is 4.39 Å². The summed E-state index contributed by atoms with van der Waals surface area (Å²) in [6.45, 7) is 4.32. The average molecular weight is 341 g/mol. The number of methoxy groups -OCH3 is 1. The average Bonchev–Trinajstić information content (AvgIpc) is 3.07. The summed E-state index contributed by atoms with van der Waals surface area (Å²) in [5, 5.41) is 0.813. The van der Waals surface area contributed by atoms with Crippen molar-refractivity contribution in [1.82, 2.24) is 4.90 Å². The summed E-state index contributed by atoms with van der Waals surface area (Å²) in [5.74, 6) is 0.341. The molecule has 1 unspecified atom stereocenters. The van der Waals surface area contributed by atoms with Gasteiger partial charge >= 0.3 is 0 Å². The second-order valence-electron chi connectivity index (χ2n) is 5.81. The summed E-state index contributed by atoms with van der Waals surface area (Å²) < 4.78 is 24.2. The normalized spacial score (nSPS) is 12.2. The van der Waals surface area contributed by atoms with Crippen LogP contribution in [0.1, 0.15) is 36.0 Å². The Morgan fingerprint density at radius 3 is 2.60 bits per heavy atom. The molecule has 1 heterocycles. The predicted molar refractivity (Wildman–Crippen MR) is 94.3 cm³/mol. The third kappa shape index (κ3) is 3.22. The Labute approximate surface area is 145 Å². The first-order valence-corrected chi connectivity index (χ1v) is 8.18. The quantitative estimate of drug-likeness (QED) is 0.669. The van der Waals surface area contributed by atoms with E-state index in [9.17, 15) is 9.18 Å². The van der Waals surface area contributed by atoms with Crippen molar-refractivity contribution >= 4 is 16.9 Å². The van der Waals surface area contributed by atoms with Crippen LogP contribution in [0.25, 0.3) is 11.0 Å². The number of carbonyl (C=O) groups is 1. The van der Waals surface area contributed by atoms with Gasteiger partial charge in [-0.15, -0.1) is 0 Å². The van der Waals surface area contributed by atoms with Crippen molar-refractivity contribution in [3.8, 4) is 5.75 Å². The van der Waals surface area contributed by atoms with E-state index in [1.165, 1.54) is 12.1 Å². The molecular formula is C20H20FNO3. The van der Waals surface area contributed by atoms with Gasteiger partial charge in [-0.3, -0.25) is 4.79 Å². The maximum atomic E-state index is 13.1. The van der Waals surface area contributed by atoms with Gasteiger partial charge in [-0.2, -0.15) is 0 Å². The molecule has 0 radical (unpaired) electrons. The lowest BCUT2D eigenvalue weighted by atomic mass is 10.1. The molecule has 0 aliphatic heterocycles. The monoisotopic (exact) mass is 341 g/mol. The number of hydrogen-bond donors (Lipinski definition) is 0. The van der Waals surface area contributed by atoms with E-state index in [2.05, 4.69) is 0 Å². The van der Waals surface area contributed by atoms with Gasteiger partial charge in [0.15, 0.2) is 17.1 Å². The van der Waals surface area contributed by atoms with E-state index in [-0.39, 0.29) is 23.5 Å². The Bertz CT molecular complexity index is 886. The molecule has 1 amide bonds. The molecule has 0 aliphatic carbocycles. The number of furan rings is 1. The van der Waals surface area contributed by atoms with Gasteiger partial charge in [0.2, 0.25) is 0 Å². The van der Waals surface area contributed by atoms with E-state index in [0.29, 0.717) is 17.9 Å². The molecule has 0 saturated heterocycles. The van der Waals surface area contributed by atoms with Gasteiger partial charge in [0.25, 0.3) is 5.91 Å². The number of para-hydroxylation sites is 1.